The molecule has 0 saturated carbocycles. The molecule has 0 saturated heterocycles. The van der Waals surface area contributed by atoms with Gasteiger partial charge in [0.15, 0.2) is 0 Å². The first kappa shape index (κ1) is 34.8. The van der Waals surface area contributed by atoms with Crippen LogP contribution in [0.3, 0.4) is 0 Å². The molecule has 1 unspecified atom stereocenters. The van der Waals surface area contributed by atoms with E-state index in [2.05, 4.69) is 56.4 Å². The zero-order valence-electron chi connectivity index (χ0n) is 23.3. The summed E-state index contributed by atoms with van der Waals surface area (Å²) in [5.41, 5.74) is 0. The van der Waals surface area contributed by atoms with Gasteiger partial charge in [0.1, 0.15) is 19.3 Å². The highest BCUT2D eigenvalue weighted by Crippen LogP contribution is 2.06. The summed E-state index contributed by atoms with van der Waals surface area (Å²) in [4.78, 5) is 23.4. The molecule has 0 aliphatic heterocycles. The van der Waals surface area contributed by atoms with E-state index in [4.69, 9.17) is 9.47 Å². The van der Waals surface area contributed by atoms with Crippen LogP contribution in [0.4, 0.5) is 0 Å². The minimum absolute atomic E-state index is 0.145. The van der Waals surface area contributed by atoms with Crippen LogP contribution in [0.1, 0.15) is 110 Å². The minimum Gasteiger partial charge on any atom is -0.463 e. The predicted octanol–water partition coefficient (Wildman–Crippen LogP) is 6.91. The molecule has 2 atom stereocenters. The maximum Gasteiger partial charge on any atom is 0.305 e. The van der Waals surface area contributed by atoms with Gasteiger partial charge in [-0.25, -0.2) is 0 Å². The molecule has 2 N–H and O–H groups in total. The van der Waals surface area contributed by atoms with Crippen molar-refractivity contribution < 1.29 is 29.3 Å². The van der Waals surface area contributed by atoms with Crippen LogP contribution in [0.15, 0.2) is 48.6 Å². The molecule has 212 valence electrons. The van der Waals surface area contributed by atoms with Gasteiger partial charge in [0.05, 0.1) is 6.10 Å². The van der Waals surface area contributed by atoms with Gasteiger partial charge in [-0.3, -0.25) is 9.59 Å². The Morgan fingerprint density at radius 1 is 0.622 bits per heavy atom. The van der Waals surface area contributed by atoms with E-state index in [1.807, 2.05) is 6.08 Å². The fourth-order valence-corrected chi connectivity index (χ4v) is 3.44. The van der Waals surface area contributed by atoms with Crippen LogP contribution in [0, 0.1) is 0 Å². The van der Waals surface area contributed by atoms with Crippen molar-refractivity contribution in [3.05, 3.63) is 48.6 Å². The van der Waals surface area contributed by atoms with E-state index in [0.29, 0.717) is 19.3 Å². The molecule has 0 rings (SSSR count). The summed E-state index contributed by atoms with van der Waals surface area (Å²) in [6.45, 7) is 3.92. The number of hydrogen-bond acceptors (Lipinski definition) is 6. The van der Waals surface area contributed by atoms with Crippen LogP contribution < -0.4 is 0 Å². The normalized spacial score (nSPS) is 13.7. The minimum atomic E-state index is -0.990. The van der Waals surface area contributed by atoms with Gasteiger partial charge in [0.25, 0.3) is 0 Å². The monoisotopic (exact) mass is 520 g/mol. The average Bonchev–Trinajstić information content (AvgIpc) is 2.88. The third kappa shape index (κ3) is 26.7. The standard InChI is InChI=1S/C31H52O6/c1-3-5-6-16-20-24-30(34)36-26-29(33)27-37-31(35)25-21-18-15-13-11-9-7-8-10-12-14-17-19-23-28(32)22-4-2/h7,9-10,12-13,15,17,19,28-29,32-33H,3-6,8,11,14,16,18,20-27H2,1-2H3/b9-7-,12-10-,15-13-,19-17-/t28?,29-/m1/s1. The number of carbonyl (C=O) groups excluding carboxylic acids is 2. The summed E-state index contributed by atoms with van der Waals surface area (Å²) in [7, 11) is 0. The van der Waals surface area contributed by atoms with Crippen LogP contribution in [0.2, 0.25) is 0 Å². The molecule has 0 heterocycles. The Balaban J connectivity index is 3.65. The number of allylic oxidation sites excluding steroid dienone is 7. The zero-order chi connectivity index (χ0) is 27.4. The molecular formula is C31H52O6. The maximum atomic E-state index is 11.8. The number of esters is 2. The van der Waals surface area contributed by atoms with Crippen molar-refractivity contribution in [1.29, 1.82) is 0 Å². The van der Waals surface area contributed by atoms with Crippen LogP contribution in [-0.4, -0.2) is 47.6 Å². The molecule has 0 spiro atoms. The van der Waals surface area contributed by atoms with Gasteiger partial charge in [0.2, 0.25) is 0 Å². The third-order valence-electron chi connectivity index (χ3n) is 5.62. The molecule has 37 heavy (non-hydrogen) atoms. The molecule has 0 radical (unpaired) electrons. The lowest BCUT2D eigenvalue weighted by atomic mass is 10.1. The summed E-state index contributed by atoms with van der Waals surface area (Å²) in [5.74, 6) is -0.670. The Morgan fingerprint density at radius 3 is 1.70 bits per heavy atom. The summed E-state index contributed by atoms with van der Waals surface area (Å²) >= 11 is 0. The molecule has 0 amide bonds. The van der Waals surface area contributed by atoms with E-state index in [1.165, 1.54) is 6.42 Å². The summed E-state index contributed by atoms with van der Waals surface area (Å²) in [6, 6.07) is 0. The number of aliphatic hydroxyl groups excluding tert-OH is 2. The second-order valence-electron chi connectivity index (χ2n) is 9.35. The molecule has 0 aliphatic rings. The van der Waals surface area contributed by atoms with Gasteiger partial charge in [-0.2, -0.15) is 0 Å². The van der Waals surface area contributed by atoms with Gasteiger partial charge < -0.3 is 19.7 Å². The quantitative estimate of drug-likeness (QED) is 0.0816. The Labute approximate surface area is 225 Å². The molecule has 6 nitrogen and oxygen atoms in total. The largest absolute Gasteiger partial charge is 0.463 e. The Hall–Kier alpha value is -2.18. The first-order valence-corrected chi connectivity index (χ1v) is 14.3. The molecular weight excluding hydrogens is 468 g/mol. The summed E-state index contributed by atoms with van der Waals surface area (Å²) in [6.07, 6.45) is 28.2. The van der Waals surface area contributed by atoms with Crippen LogP contribution in [0.25, 0.3) is 0 Å². The highest BCUT2D eigenvalue weighted by molar-refractivity contribution is 5.69. The van der Waals surface area contributed by atoms with Crippen molar-refractivity contribution >= 4 is 11.9 Å². The Kier molecular flexibility index (Phi) is 25.3. The molecule has 0 aliphatic carbocycles. The van der Waals surface area contributed by atoms with Crippen molar-refractivity contribution in [2.24, 2.45) is 0 Å². The molecule has 0 fully saturated rings. The predicted molar refractivity (Wildman–Crippen MR) is 151 cm³/mol. The molecule has 0 aromatic rings. The third-order valence-corrected chi connectivity index (χ3v) is 5.62. The molecule has 0 bridgehead atoms. The van der Waals surface area contributed by atoms with Crippen molar-refractivity contribution in [3.8, 4) is 0 Å². The number of carbonyl (C=O) groups is 2. The first-order chi connectivity index (χ1) is 18.0. The number of hydrogen-bond donors (Lipinski definition) is 2. The Bertz CT molecular complexity index is 665. The van der Waals surface area contributed by atoms with Crippen LogP contribution >= 0.6 is 0 Å². The molecule has 0 aromatic carbocycles. The van der Waals surface area contributed by atoms with Gasteiger partial charge in [-0.1, -0.05) is 94.6 Å². The molecule has 0 aromatic heterocycles. The molecule has 6 heteroatoms. The van der Waals surface area contributed by atoms with E-state index in [1.54, 1.807) is 0 Å². The Morgan fingerprint density at radius 2 is 1.14 bits per heavy atom. The lowest BCUT2D eigenvalue weighted by Crippen LogP contribution is -2.25. The summed E-state index contributed by atoms with van der Waals surface area (Å²) in [5, 5.41) is 19.5. The maximum absolute atomic E-state index is 11.8. The fraction of sp³-hybridized carbons (Fsp3) is 0.677. The van der Waals surface area contributed by atoms with Crippen LogP contribution in [-0.2, 0) is 19.1 Å². The second kappa shape index (κ2) is 26.9. The fourth-order valence-electron chi connectivity index (χ4n) is 3.44. The van der Waals surface area contributed by atoms with E-state index < -0.39 is 6.10 Å². The number of unbranched alkanes of at least 4 members (excludes halogenated alkanes) is 5. The highest BCUT2D eigenvalue weighted by Gasteiger charge is 2.11. The van der Waals surface area contributed by atoms with Gasteiger partial charge in [-0.15, -0.1) is 0 Å². The average molecular weight is 521 g/mol. The van der Waals surface area contributed by atoms with Gasteiger partial charge in [0, 0.05) is 12.8 Å². The van der Waals surface area contributed by atoms with Crippen molar-refractivity contribution in [1.82, 2.24) is 0 Å². The zero-order valence-corrected chi connectivity index (χ0v) is 23.3. The summed E-state index contributed by atoms with van der Waals surface area (Å²) < 4.78 is 10.1. The second-order valence-corrected chi connectivity index (χ2v) is 9.35. The lowest BCUT2D eigenvalue weighted by molar-refractivity contribution is -0.152. The van der Waals surface area contributed by atoms with Gasteiger partial charge in [-0.05, 0) is 51.4 Å². The highest BCUT2D eigenvalue weighted by atomic mass is 16.6. The lowest BCUT2D eigenvalue weighted by Gasteiger charge is -2.12. The first-order valence-electron chi connectivity index (χ1n) is 14.3. The van der Waals surface area contributed by atoms with Gasteiger partial charge >= 0.3 is 11.9 Å². The van der Waals surface area contributed by atoms with Crippen LogP contribution in [0.5, 0.6) is 0 Å². The van der Waals surface area contributed by atoms with E-state index in [9.17, 15) is 19.8 Å². The van der Waals surface area contributed by atoms with E-state index in [-0.39, 0.29) is 31.3 Å². The van der Waals surface area contributed by atoms with Crippen molar-refractivity contribution in [2.75, 3.05) is 13.2 Å². The number of ether oxygens (including phenoxy) is 2. The van der Waals surface area contributed by atoms with E-state index >= 15 is 0 Å². The van der Waals surface area contributed by atoms with E-state index in [0.717, 1.165) is 70.6 Å². The topological polar surface area (TPSA) is 93.1 Å². The van der Waals surface area contributed by atoms with Crippen molar-refractivity contribution in [2.45, 2.75) is 122 Å². The number of aliphatic hydroxyl groups is 2. The van der Waals surface area contributed by atoms with Crippen molar-refractivity contribution in [3.63, 3.8) is 0 Å². The number of rotatable bonds is 24. The SMILES string of the molecule is CCCCCCCC(=O)OC[C@@H](O)COC(=O)CCC/C=C\C/C=C\C/C=C\C/C=C\CC(O)CCC. The smallest absolute Gasteiger partial charge is 0.305 e.